The van der Waals surface area contributed by atoms with Crippen molar-refractivity contribution < 1.29 is 13.2 Å². The van der Waals surface area contributed by atoms with Gasteiger partial charge >= 0.3 is 0 Å². The Hall–Kier alpha value is -1.60. The van der Waals surface area contributed by atoms with Crippen LogP contribution in [0.25, 0.3) is 0 Å². The first-order chi connectivity index (χ1) is 9.48. The fourth-order valence-corrected chi connectivity index (χ4v) is 2.48. The maximum atomic E-state index is 11.7. The standard InChI is InChI=1S/C13H19N3O3S/c1-2-20(18,19)16-12-5-3-11(4-6-12)15-13(17)7-10-8-14-9-10/h3-6,10,14,16H,2,7-9H2,1H3,(H,15,17). The lowest BCUT2D eigenvalue weighted by Crippen LogP contribution is -2.43. The average Bonchev–Trinajstić information content (AvgIpc) is 2.36. The van der Waals surface area contributed by atoms with Gasteiger partial charge in [0.2, 0.25) is 15.9 Å². The first-order valence-corrected chi connectivity index (χ1v) is 8.25. The maximum Gasteiger partial charge on any atom is 0.232 e. The van der Waals surface area contributed by atoms with E-state index < -0.39 is 10.0 Å². The van der Waals surface area contributed by atoms with E-state index in [1.165, 1.54) is 0 Å². The lowest BCUT2D eigenvalue weighted by atomic mass is 9.99. The van der Waals surface area contributed by atoms with E-state index in [-0.39, 0.29) is 11.7 Å². The van der Waals surface area contributed by atoms with Crippen molar-refractivity contribution in [2.24, 2.45) is 5.92 Å². The van der Waals surface area contributed by atoms with Gasteiger partial charge in [0.15, 0.2) is 0 Å². The van der Waals surface area contributed by atoms with Gasteiger partial charge in [-0.05, 0) is 50.2 Å². The topological polar surface area (TPSA) is 87.3 Å². The number of hydrogen-bond acceptors (Lipinski definition) is 4. The molecule has 0 radical (unpaired) electrons. The number of carbonyl (C=O) groups excluding carboxylic acids is 1. The minimum atomic E-state index is -3.26. The van der Waals surface area contributed by atoms with E-state index in [1.54, 1.807) is 31.2 Å². The van der Waals surface area contributed by atoms with Crippen LogP contribution in [0.2, 0.25) is 0 Å². The van der Waals surface area contributed by atoms with Gasteiger partial charge in [0.05, 0.1) is 5.75 Å². The molecule has 20 heavy (non-hydrogen) atoms. The number of rotatable bonds is 6. The summed E-state index contributed by atoms with van der Waals surface area (Å²) in [5.41, 5.74) is 1.16. The van der Waals surface area contributed by atoms with Gasteiger partial charge in [-0.1, -0.05) is 0 Å². The van der Waals surface area contributed by atoms with Crippen LogP contribution in [0.5, 0.6) is 0 Å². The molecule has 0 bridgehead atoms. The van der Waals surface area contributed by atoms with E-state index in [0.717, 1.165) is 13.1 Å². The molecule has 0 atom stereocenters. The van der Waals surface area contributed by atoms with Crippen LogP contribution in [0.1, 0.15) is 13.3 Å². The molecule has 7 heteroatoms. The SMILES string of the molecule is CCS(=O)(=O)Nc1ccc(NC(=O)CC2CNC2)cc1. The van der Waals surface area contributed by atoms with Crippen molar-refractivity contribution in [1.29, 1.82) is 0 Å². The lowest BCUT2D eigenvalue weighted by molar-refractivity contribution is -0.117. The minimum Gasteiger partial charge on any atom is -0.326 e. The van der Waals surface area contributed by atoms with Gasteiger partial charge in [0.1, 0.15) is 0 Å². The summed E-state index contributed by atoms with van der Waals surface area (Å²) in [6.07, 6.45) is 0.511. The number of benzene rings is 1. The molecule has 6 nitrogen and oxygen atoms in total. The highest BCUT2D eigenvalue weighted by molar-refractivity contribution is 7.92. The van der Waals surface area contributed by atoms with Crippen LogP contribution < -0.4 is 15.4 Å². The molecule has 0 unspecified atom stereocenters. The Morgan fingerprint density at radius 3 is 2.35 bits per heavy atom. The third-order valence-electron chi connectivity index (χ3n) is 3.16. The van der Waals surface area contributed by atoms with Crippen LogP contribution >= 0.6 is 0 Å². The third kappa shape index (κ3) is 4.21. The molecule has 1 amide bonds. The zero-order valence-electron chi connectivity index (χ0n) is 11.3. The largest absolute Gasteiger partial charge is 0.326 e. The number of sulfonamides is 1. The monoisotopic (exact) mass is 297 g/mol. The molecule has 1 aromatic carbocycles. The quantitative estimate of drug-likeness (QED) is 0.731. The van der Waals surface area contributed by atoms with Gasteiger partial charge in [0.25, 0.3) is 0 Å². The number of carbonyl (C=O) groups is 1. The molecule has 3 N–H and O–H groups in total. The van der Waals surface area contributed by atoms with E-state index in [0.29, 0.717) is 23.7 Å². The highest BCUT2D eigenvalue weighted by atomic mass is 32.2. The second kappa shape index (κ2) is 6.23. The van der Waals surface area contributed by atoms with E-state index in [9.17, 15) is 13.2 Å². The molecule has 2 rings (SSSR count). The molecule has 0 aliphatic carbocycles. The summed E-state index contributed by atoms with van der Waals surface area (Å²) in [5, 5.41) is 5.92. The van der Waals surface area contributed by atoms with Crippen LogP contribution in [-0.4, -0.2) is 33.2 Å². The normalized spacial score (nSPS) is 15.4. The summed E-state index contributed by atoms with van der Waals surface area (Å²) in [4.78, 5) is 11.7. The molecule has 1 aromatic rings. The molecule has 0 spiro atoms. The summed E-state index contributed by atoms with van der Waals surface area (Å²) in [6.45, 7) is 3.36. The van der Waals surface area contributed by atoms with E-state index in [1.807, 2.05) is 0 Å². The molecule has 1 saturated heterocycles. The van der Waals surface area contributed by atoms with E-state index >= 15 is 0 Å². The number of anilines is 2. The molecule has 1 fully saturated rings. The van der Waals surface area contributed by atoms with Crippen molar-refractivity contribution in [2.75, 3.05) is 28.9 Å². The molecule has 1 aliphatic heterocycles. The third-order valence-corrected chi connectivity index (χ3v) is 4.47. The summed E-state index contributed by atoms with van der Waals surface area (Å²) in [6, 6.07) is 6.64. The average molecular weight is 297 g/mol. The first kappa shape index (κ1) is 14.8. The Balaban J connectivity index is 1.89. The van der Waals surface area contributed by atoms with Crippen molar-refractivity contribution in [3.05, 3.63) is 24.3 Å². The van der Waals surface area contributed by atoms with Crippen molar-refractivity contribution >= 4 is 27.3 Å². The Morgan fingerprint density at radius 1 is 1.25 bits per heavy atom. The summed E-state index contributed by atoms with van der Waals surface area (Å²) >= 11 is 0. The van der Waals surface area contributed by atoms with Crippen LogP contribution in [0.3, 0.4) is 0 Å². The fourth-order valence-electron chi connectivity index (χ4n) is 1.84. The number of nitrogens with one attached hydrogen (secondary N) is 3. The number of amides is 1. The molecular weight excluding hydrogens is 278 g/mol. The van der Waals surface area contributed by atoms with E-state index in [4.69, 9.17) is 0 Å². The van der Waals surface area contributed by atoms with Gasteiger partial charge in [-0.25, -0.2) is 8.42 Å². The van der Waals surface area contributed by atoms with Crippen molar-refractivity contribution in [2.45, 2.75) is 13.3 Å². The first-order valence-electron chi connectivity index (χ1n) is 6.59. The van der Waals surface area contributed by atoms with Crippen molar-refractivity contribution in [3.63, 3.8) is 0 Å². The minimum absolute atomic E-state index is 0.0154. The zero-order valence-corrected chi connectivity index (χ0v) is 12.2. The van der Waals surface area contributed by atoms with Crippen LogP contribution in [0.15, 0.2) is 24.3 Å². The highest BCUT2D eigenvalue weighted by Gasteiger charge is 2.19. The van der Waals surface area contributed by atoms with Gasteiger partial charge in [-0.15, -0.1) is 0 Å². The molecule has 0 saturated carbocycles. The van der Waals surface area contributed by atoms with Gasteiger partial charge in [-0.2, -0.15) is 0 Å². The summed E-state index contributed by atoms with van der Waals surface area (Å²) in [7, 11) is -3.26. The Morgan fingerprint density at radius 2 is 1.85 bits per heavy atom. The predicted molar refractivity (Wildman–Crippen MR) is 79.1 cm³/mol. The Bertz CT molecular complexity index is 565. The van der Waals surface area contributed by atoms with Gasteiger partial charge in [0, 0.05) is 17.8 Å². The summed E-state index contributed by atoms with van der Waals surface area (Å²) < 4.78 is 25.3. The van der Waals surface area contributed by atoms with Crippen LogP contribution in [0, 0.1) is 5.92 Å². The number of hydrogen-bond donors (Lipinski definition) is 3. The molecule has 1 aliphatic rings. The van der Waals surface area contributed by atoms with Gasteiger partial charge in [-0.3, -0.25) is 9.52 Å². The molecule has 1 heterocycles. The second-order valence-corrected chi connectivity index (χ2v) is 6.87. The maximum absolute atomic E-state index is 11.7. The lowest BCUT2D eigenvalue weighted by Gasteiger charge is -2.26. The van der Waals surface area contributed by atoms with Crippen LogP contribution in [0.4, 0.5) is 11.4 Å². The van der Waals surface area contributed by atoms with E-state index in [2.05, 4.69) is 15.4 Å². The van der Waals surface area contributed by atoms with Crippen LogP contribution in [-0.2, 0) is 14.8 Å². The molecule has 0 aromatic heterocycles. The zero-order chi connectivity index (χ0) is 14.6. The Kier molecular flexibility index (Phi) is 4.61. The summed E-state index contributed by atoms with van der Waals surface area (Å²) in [5.74, 6) is 0.435. The molecule has 110 valence electrons. The van der Waals surface area contributed by atoms with Crippen molar-refractivity contribution in [3.8, 4) is 0 Å². The fraction of sp³-hybridized carbons (Fsp3) is 0.462. The highest BCUT2D eigenvalue weighted by Crippen LogP contribution is 2.16. The second-order valence-electron chi connectivity index (χ2n) is 4.86. The molecular formula is C13H19N3O3S. The predicted octanol–water partition coefficient (Wildman–Crippen LogP) is 0.996. The smallest absolute Gasteiger partial charge is 0.232 e. The van der Waals surface area contributed by atoms with Crippen molar-refractivity contribution in [1.82, 2.24) is 5.32 Å². The van der Waals surface area contributed by atoms with Gasteiger partial charge < -0.3 is 10.6 Å². The Labute approximate surface area is 119 Å².